The van der Waals surface area contributed by atoms with E-state index >= 15 is 0 Å². The summed E-state index contributed by atoms with van der Waals surface area (Å²) in [6, 6.07) is 25.5. The SMILES string of the molecule is CC(Oc1ccc(C=CC(C=Cc2ccccc2)=Cc2ccc(O)cc2)cc1)OC1CCCCC1. The molecule has 0 radical (unpaired) electrons. The zero-order valence-electron chi connectivity index (χ0n) is 20.3. The van der Waals surface area contributed by atoms with Crippen molar-refractivity contribution in [2.24, 2.45) is 0 Å². The van der Waals surface area contributed by atoms with E-state index in [1.54, 1.807) is 12.1 Å². The van der Waals surface area contributed by atoms with E-state index in [2.05, 4.69) is 54.6 Å². The van der Waals surface area contributed by atoms with Crippen molar-refractivity contribution in [3.05, 3.63) is 113 Å². The van der Waals surface area contributed by atoms with Crippen LogP contribution in [0.5, 0.6) is 11.5 Å². The van der Waals surface area contributed by atoms with E-state index in [9.17, 15) is 5.11 Å². The van der Waals surface area contributed by atoms with Gasteiger partial charge in [-0.1, -0.05) is 98.2 Å². The third-order valence-electron chi connectivity index (χ3n) is 6.08. The van der Waals surface area contributed by atoms with Crippen LogP contribution in [0.1, 0.15) is 55.7 Å². The fraction of sp³-hybridized carbons (Fsp3) is 0.250. The van der Waals surface area contributed by atoms with Gasteiger partial charge in [0.1, 0.15) is 11.5 Å². The van der Waals surface area contributed by atoms with Gasteiger partial charge in [-0.3, -0.25) is 0 Å². The highest BCUT2D eigenvalue weighted by molar-refractivity contribution is 5.68. The molecule has 3 aromatic carbocycles. The summed E-state index contributed by atoms with van der Waals surface area (Å²) < 4.78 is 12.0. The van der Waals surface area contributed by atoms with Crippen molar-refractivity contribution >= 4 is 18.2 Å². The zero-order chi connectivity index (χ0) is 24.3. The second-order valence-electron chi connectivity index (χ2n) is 8.96. The third-order valence-corrected chi connectivity index (χ3v) is 6.08. The van der Waals surface area contributed by atoms with Crippen molar-refractivity contribution in [2.45, 2.75) is 51.4 Å². The molecule has 4 rings (SSSR count). The topological polar surface area (TPSA) is 38.7 Å². The van der Waals surface area contributed by atoms with Crippen molar-refractivity contribution in [3.63, 3.8) is 0 Å². The molecule has 0 bridgehead atoms. The molecule has 0 spiro atoms. The molecular formula is C32H34O3. The average Bonchev–Trinajstić information content (AvgIpc) is 2.89. The van der Waals surface area contributed by atoms with Crippen molar-refractivity contribution in [1.82, 2.24) is 0 Å². The number of rotatable bonds is 9. The van der Waals surface area contributed by atoms with Gasteiger partial charge in [0.15, 0.2) is 6.29 Å². The maximum Gasteiger partial charge on any atom is 0.197 e. The van der Waals surface area contributed by atoms with Gasteiger partial charge >= 0.3 is 0 Å². The summed E-state index contributed by atoms with van der Waals surface area (Å²) in [7, 11) is 0. The predicted molar refractivity (Wildman–Crippen MR) is 145 cm³/mol. The summed E-state index contributed by atoms with van der Waals surface area (Å²) in [6.45, 7) is 1.97. The van der Waals surface area contributed by atoms with Gasteiger partial charge in [-0.2, -0.15) is 0 Å². The van der Waals surface area contributed by atoms with Crippen LogP contribution in [0.3, 0.4) is 0 Å². The summed E-state index contributed by atoms with van der Waals surface area (Å²) in [6.07, 6.45) is 16.6. The minimum absolute atomic E-state index is 0.248. The summed E-state index contributed by atoms with van der Waals surface area (Å²) in [5.41, 5.74) is 4.30. The van der Waals surface area contributed by atoms with E-state index in [0.29, 0.717) is 6.10 Å². The van der Waals surface area contributed by atoms with Gasteiger partial charge in [-0.05, 0) is 72.4 Å². The minimum atomic E-state index is -0.248. The number of aromatic hydroxyl groups is 1. The molecule has 180 valence electrons. The first-order chi connectivity index (χ1) is 17.1. The van der Waals surface area contributed by atoms with Crippen LogP contribution < -0.4 is 4.74 Å². The number of hydrogen-bond donors (Lipinski definition) is 1. The molecule has 0 aliphatic heterocycles. The number of phenolic OH excluding ortho intramolecular Hbond substituents is 1. The van der Waals surface area contributed by atoms with Crippen LogP contribution in [0.25, 0.3) is 18.2 Å². The number of ether oxygens (including phenoxy) is 2. The Hall–Kier alpha value is -3.56. The molecule has 1 aliphatic rings. The highest BCUT2D eigenvalue weighted by atomic mass is 16.7. The van der Waals surface area contributed by atoms with Gasteiger partial charge in [-0.15, -0.1) is 0 Å². The summed E-state index contributed by atoms with van der Waals surface area (Å²) in [5, 5.41) is 9.59. The molecule has 0 heterocycles. The lowest BCUT2D eigenvalue weighted by Gasteiger charge is -2.26. The van der Waals surface area contributed by atoms with Gasteiger partial charge in [0, 0.05) is 0 Å². The summed E-state index contributed by atoms with van der Waals surface area (Å²) >= 11 is 0. The quantitative estimate of drug-likeness (QED) is 0.255. The normalized spacial score (nSPS) is 16.1. The molecule has 1 atom stereocenters. The summed E-state index contributed by atoms with van der Waals surface area (Å²) in [4.78, 5) is 0. The highest BCUT2D eigenvalue weighted by Gasteiger charge is 2.17. The van der Waals surface area contributed by atoms with E-state index in [1.165, 1.54) is 19.3 Å². The lowest BCUT2D eigenvalue weighted by Crippen LogP contribution is -2.26. The van der Waals surface area contributed by atoms with Crippen molar-refractivity contribution < 1.29 is 14.6 Å². The molecule has 1 fully saturated rings. The smallest absolute Gasteiger partial charge is 0.197 e. The van der Waals surface area contributed by atoms with Crippen LogP contribution in [-0.4, -0.2) is 17.5 Å². The lowest BCUT2D eigenvalue weighted by atomic mass is 9.98. The molecule has 0 aromatic heterocycles. The Bertz CT molecular complexity index is 1120. The maximum absolute atomic E-state index is 9.59. The van der Waals surface area contributed by atoms with Gasteiger partial charge < -0.3 is 14.6 Å². The highest BCUT2D eigenvalue weighted by Crippen LogP contribution is 2.23. The first-order valence-corrected chi connectivity index (χ1v) is 12.5. The van der Waals surface area contributed by atoms with Crippen molar-refractivity contribution in [1.29, 1.82) is 0 Å². The fourth-order valence-electron chi connectivity index (χ4n) is 4.21. The Morgan fingerprint density at radius 3 is 2.03 bits per heavy atom. The molecule has 3 aromatic rings. The van der Waals surface area contributed by atoms with Crippen LogP contribution in [0.15, 0.2) is 96.6 Å². The van der Waals surface area contributed by atoms with Crippen LogP contribution >= 0.6 is 0 Å². The Kier molecular flexibility index (Phi) is 8.97. The third kappa shape index (κ3) is 8.31. The second-order valence-corrected chi connectivity index (χ2v) is 8.96. The van der Waals surface area contributed by atoms with Gasteiger partial charge in [0.25, 0.3) is 0 Å². The van der Waals surface area contributed by atoms with E-state index in [4.69, 9.17) is 9.47 Å². The van der Waals surface area contributed by atoms with Crippen molar-refractivity contribution in [2.75, 3.05) is 0 Å². The molecule has 1 saturated carbocycles. The van der Waals surface area contributed by atoms with Crippen LogP contribution in [-0.2, 0) is 4.74 Å². The number of phenols is 1. The second kappa shape index (κ2) is 12.8. The Morgan fingerprint density at radius 1 is 0.771 bits per heavy atom. The van der Waals surface area contributed by atoms with Crippen LogP contribution in [0.4, 0.5) is 0 Å². The van der Waals surface area contributed by atoms with Gasteiger partial charge in [-0.25, -0.2) is 0 Å². The van der Waals surface area contributed by atoms with E-state index in [-0.39, 0.29) is 12.0 Å². The van der Waals surface area contributed by atoms with E-state index in [0.717, 1.165) is 40.9 Å². The molecule has 1 N–H and O–H groups in total. The van der Waals surface area contributed by atoms with Crippen LogP contribution in [0.2, 0.25) is 0 Å². The fourth-order valence-corrected chi connectivity index (χ4v) is 4.21. The lowest BCUT2D eigenvalue weighted by molar-refractivity contribution is -0.116. The van der Waals surface area contributed by atoms with Gasteiger partial charge in [0.2, 0.25) is 0 Å². The number of benzene rings is 3. The molecular weight excluding hydrogens is 432 g/mol. The number of allylic oxidation sites excluding steroid dienone is 3. The molecule has 0 saturated heterocycles. The molecule has 1 aliphatic carbocycles. The molecule has 35 heavy (non-hydrogen) atoms. The standard InChI is InChI=1S/C32H34O3/c1-25(34-31-10-6-3-7-11-31)35-32-22-18-27(19-23-32)13-15-28(14-12-26-8-4-2-5-9-26)24-29-16-20-30(33)21-17-29/h2,4-5,8-9,12-25,31,33H,3,6-7,10-11H2,1H3. The average molecular weight is 467 g/mol. The Morgan fingerprint density at radius 2 is 1.37 bits per heavy atom. The van der Waals surface area contributed by atoms with Crippen molar-refractivity contribution in [3.8, 4) is 11.5 Å². The Balaban J connectivity index is 1.42. The summed E-state index contributed by atoms with van der Waals surface area (Å²) in [5.74, 6) is 1.08. The first kappa shape index (κ1) is 24.6. The minimum Gasteiger partial charge on any atom is -0.508 e. The Labute approximate surface area is 209 Å². The molecule has 3 heteroatoms. The molecule has 1 unspecified atom stereocenters. The monoisotopic (exact) mass is 466 g/mol. The van der Waals surface area contributed by atoms with Crippen LogP contribution in [0, 0.1) is 0 Å². The van der Waals surface area contributed by atoms with E-state index < -0.39 is 0 Å². The van der Waals surface area contributed by atoms with Gasteiger partial charge in [0.05, 0.1) is 6.10 Å². The first-order valence-electron chi connectivity index (χ1n) is 12.5. The largest absolute Gasteiger partial charge is 0.508 e. The zero-order valence-corrected chi connectivity index (χ0v) is 20.3. The van der Waals surface area contributed by atoms with E-state index in [1.807, 2.05) is 49.4 Å². The molecule has 3 nitrogen and oxygen atoms in total. The maximum atomic E-state index is 9.59. The predicted octanol–water partition coefficient (Wildman–Crippen LogP) is 8.28. The molecule has 0 amide bonds. The number of hydrogen-bond acceptors (Lipinski definition) is 3.